The summed E-state index contributed by atoms with van der Waals surface area (Å²) in [4.78, 5) is 24.6. The summed E-state index contributed by atoms with van der Waals surface area (Å²) in [6, 6.07) is 3.91. The van der Waals surface area contributed by atoms with Gasteiger partial charge in [0.2, 0.25) is 0 Å². The first-order valence-electron chi connectivity index (χ1n) is 7.73. The number of ether oxygens (including phenoxy) is 1. The zero-order valence-electron chi connectivity index (χ0n) is 13.1. The molecule has 5 nitrogen and oxygen atoms in total. The number of hydrogen-bond acceptors (Lipinski definition) is 4. The van der Waals surface area contributed by atoms with Crippen LogP contribution in [0, 0.1) is 0 Å². The number of fused-ring (bicyclic) bond motifs is 1. The highest BCUT2D eigenvalue weighted by atomic mass is 16.5. The first kappa shape index (κ1) is 14.9. The van der Waals surface area contributed by atoms with Gasteiger partial charge in [-0.1, -0.05) is 6.07 Å². The van der Waals surface area contributed by atoms with Crippen LogP contribution in [0.5, 0.6) is 0 Å². The van der Waals surface area contributed by atoms with Crippen molar-refractivity contribution in [1.29, 1.82) is 0 Å². The van der Waals surface area contributed by atoms with Crippen molar-refractivity contribution < 1.29 is 14.3 Å². The predicted molar refractivity (Wildman–Crippen MR) is 83.4 cm³/mol. The second-order valence-electron chi connectivity index (χ2n) is 6.70. The van der Waals surface area contributed by atoms with Gasteiger partial charge in [0.25, 0.3) is 12.4 Å². The Morgan fingerprint density at radius 3 is 2.68 bits per heavy atom. The van der Waals surface area contributed by atoms with E-state index in [1.54, 1.807) is 11.9 Å². The molecule has 0 bridgehead atoms. The van der Waals surface area contributed by atoms with Crippen LogP contribution in [0.4, 0.5) is 5.69 Å². The summed E-state index contributed by atoms with van der Waals surface area (Å²) in [7, 11) is 1.81. The summed E-state index contributed by atoms with van der Waals surface area (Å²) in [5.41, 5.74) is 9.21. The molecule has 0 radical (unpaired) electrons. The minimum absolute atomic E-state index is 0.0132. The van der Waals surface area contributed by atoms with E-state index in [9.17, 15) is 9.59 Å². The van der Waals surface area contributed by atoms with Gasteiger partial charge in [-0.05, 0) is 55.7 Å². The molecule has 22 heavy (non-hydrogen) atoms. The lowest BCUT2D eigenvalue weighted by Gasteiger charge is -2.36. The van der Waals surface area contributed by atoms with Crippen molar-refractivity contribution in [3.8, 4) is 0 Å². The standard InChI is InChI=1S/C17H22N2O3/c1-17(22-10-20)7-5-11(6-8-17)12-3-4-14(18)15-13(12)9-19(2)16(15)21/h3-4,10-11H,5-9,18H2,1-2H3. The maximum absolute atomic E-state index is 12.2. The van der Waals surface area contributed by atoms with Gasteiger partial charge in [0.05, 0.1) is 5.56 Å². The molecule has 0 aromatic heterocycles. The molecule has 1 aliphatic heterocycles. The number of carbonyl (C=O) groups excluding carboxylic acids is 2. The van der Waals surface area contributed by atoms with Crippen LogP contribution in [0.15, 0.2) is 12.1 Å². The molecule has 1 saturated carbocycles. The molecule has 1 aliphatic carbocycles. The van der Waals surface area contributed by atoms with Crippen LogP contribution in [-0.4, -0.2) is 29.9 Å². The number of carbonyl (C=O) groups is 2. The molecule has 3 rings (SSSR count). The fourth-order valence-electron chi connectivity index (χ4n) is 3.76. The summed E-state index contributed by atoms with van der Waals surface area (Å²) in [5.74, 6) is 0.413. The van der Waals surface area contributed by atoms with Gasteiger partial charge >= 0.3 is 0 Å². The second-order valence-corrected chi connectivity index (χ2v) is 6.70. The molecule has 0 atom stereocenters. The molecule has 1 amide bonds. The van der Waals surface area contributed by atoms with Crippen LogP contribution in [-0.2, 0) is 16.1 Å². The minimum Gasteiger partial charge on any atom is -0.462 e. The van der Waals surface area contributed by atoms with Crippen LogP contribution in [0.2, 0.25) is 0 Å². The number of nitrogen functional groups attached to an aromatic ring is 1. The van der Waals surface area contributed by atoms with Crippen molar-refractivity contribution in [2.45, 2.75) is 50.7 Å². The number of anilines is 1. The molecular formula is C17H22N2O3. The average molecular weight is 302 g/mol. The van der Waals surface area contributed by atoms with Crippen LogP contribution >= 0.6 is 0 Å². The smallest absolute Gasteiger partial charge is 0.293 e. The molecule has 118 valence electrons. The quantitative estimate of drug-likeness (QED) is 0.687. The van der Waals surface area contributed by atoms with E-state index in [0.29, 0.717) is 30.2 Å². The Labute approximate surface area is 130 Å². The average Bonchev–Trinajstić information content (AvgIpc) is 2.78. The highest BCUT2D eigenvalue weighted by Gasteiger charge is 2.36. The van der Waals surface area contributed by atoms with Crippen LogP contribution in [0.3, 0.4) is 0 Å². The van der Waals surface area contributed by atoms with E-state index in [1.165, 1.54) is 5.56 Å². The molecule has 0 saturated heterocycles. The van der Waals surface area contributed by atoms with Gasteiger partial charge in [0.15, 0.2) is 0 Å². The lowest BCUT2D eigenvalue weighted by atomic mass is 9.75. The summed E-state index contributed by atoms with van der Waals surface area (Å²) < 4.78 is 5.24. The van der Waals surface area contributed by atoms with Crippen molar-refractivity contribution in [3.63, 3.8) is 0 Å². The lowest BCUT2D eigenvalue weighted by molar-refractivity contribution is -0.145. The normalized spacial score (nSPS) is 27.6. The molecule has 0 unspecified atom stereocenters. The zero-order chi connectivity index (χ0) is 15.9. The topological polar surface area (TPSA) is 72.6 Å². The van der Waals surface area contributed by atoms with Gasteiger partial charge in [0, 0.05) is 19.3 Å². The van der Waals surface area contributed by atoms with E-state index in [4.69, 9.17) is 10.5 Å². The third kappa shape index (κ3) is 2.34. The van der Waals surface area contributed by atoms with E-state index in [0.717, 1.165) is 31.2 Å². The Morgan fingerprint density at radius 2 is 2.05 bits per heavy atom. The summed E-state index contributed by atoms with van der Waals surface area (Å²) in [6.07, 6.45) is 3.61. The van der Waals surface area contributed by atoms with Crippen molar-refractivity contribution in [2.75, 3.05) is 12.8 Å². The summed E-state index contributed by atoms with van der Waals surface area (Å²) in [6.45, 7) is 3.17. The maximum atomic E-state index is 12.2. The minimum atomic E-state index is -0.345. The highest BCUT2D eigenvalue weighted by molar-refractivity contribution is 6.03. The molecule has 1 heterocycles. The fraction of sp³-hybridized carbons (Fsp3) is 0.529. The number of hydrogen-bond donors (Lipinski definition) is 1. The van der Waals surface area contributed by atoms with Crippen LogP contribution < -0.4 is 5.73 Å². The van der Waals surface area contributed by atoms with Gasteiger partial charge in [-0.25, -0.2) is 0 Å². The highest BCUT2D eigenvalue weighted by Crippen LogP contribution is 2.43. The Bertz CT molecular complexity index is 619. The van der Waals surface area contributed by atoms with Crippen molar-refractivity contribution in [2.24, 2.45) is 0 Å². The first-order chi connectivity index (χ1) is 10.4. The fourth-order valence-corrected chi connectivity index (χ4v) is 3.76. The zero-order valence-corrected chi connectivity index (χ0v) is 13.1. The van der Waals surface area contributed by atoms with Gasteiger partial charge < -0.3 is 15.4 Å². The lowest BCUT2D eigenvalue weighted by Crippen LogP contribution is -2.33. The van der Waals surface area contributed by atoms with Gasteiger partial charge in [-0.2, -0.15) is 0 Å². The van der Waals surface area contributed by atoms with E-state index in [2.05, 4.69) is 6.07 Å². The Kier molecular flexibility index (Phi) is 3.59. The predicted octanol–water partition coefficient (Wildman–Crippen LogP) is 2.44. The number of nitrogens with zero attached hydrogens (tertiary/aromatic N) is 1. The SMILES string of the molecule is CN1Cc2c(C3CCC(C)(OC=O)CC3)ccc(N)c2C1=O. The third-order valence-corrected chi connectivity index (χ3v) is 5.15. The number of benzene rings is 1. The summed E-state index contributed by atoms with van der Waals surface area (Å²) >= 11 is 0. The Morgan fingerprint density at radius 1 is 1.36 bits per heavy atom. The largest absolute Gasteiger partial charge is 0.462 e. The van der Waals surface area contributed by atoms with Gasteiger partial charge in [-0.3, -0.25) is 9.59 Å². The van der Waals surface area contributed by atoms with E-state index in [1.807, 2.05) is 13.0 Å². The third-order valence-electron chi connectivity index (χ3n) is 5.15. The second kappa shape index (κ2) is 5.30. The molecule has 5 heteroatoms. The van der Waals surface area contributed by atoms with E-state index >= 15 is 0 Å². The monoisotopic (exact) mass is 302 g/mol. The van der Waals surface area contributed by atoms with Crippen LogP contribution in [0.1, 0.15) is 60.0 Å². The molecule has 1 fully saturated rings. The number of nitrogens with two attached hydrogens (primary N) is 1. The van der Waals surface area contributed by atoms with Crippen molar-refractivity contribution >= 4 is 18.1 Å². The number of rotatable bonds is 3. The van der Waals surface area contributed by atoms with Crippen molar-refractivity contribution in [3.05, 3.63) is 28.8 Å². The van der Waals surface area contributed by atoms with E-state index < -0.39 is 0 Å². The summed E-state index contributed by atoms with van der Waals surface area (Å²) in [5, 5.41) is 0. The first-order valence-corrected chi connectivity index (χ1v) is 7.73. The maximum Gasteiger partial charge on any atom is 0.293 e. The molecule has 1 aromatic rings. The molecule has 1 aromatic carbocycles. The molecule has 0 spiro atoms. The molecular weight excluding hydrogens is 280 g/mol. The van der Waals surface area contributed by atoms with Crippen LogP contribution in [0.25, 0.3) is 0 Å². The molecule has 2 N–H and O–H groups in total. The Balaban J connectivity index is 1.86. The van der Waals surface area contributed by atoms with E-state index in [-0.39, 0.29) is 11.5 Å². The number of amides is 1. The van der Waals surface area contributed by atoms with Gasteiger partial charge in [0.1, 0.15) is 5.60 Å². The van der Waals surface area contributed by atoms with Gasteiger partial charge in [-0.15, -0.1) is 0 Å². The Hall–Kier alpha value is -2.04. The molecule has 2 aliphatic rings. The van der Waals surface area contributed by atoms with Crippen molar-refractivity contribution in [1.82, 2.24) is 4.90 Å².